The Hall–Kier alpha value is -2.18. The van der Waals surface area contributed by atoms with E-state index in [1.165, 1.54) is 6.07 Å². The van der Waals surface area contributed by atoms with E-state index in [2.05, 4.69) is 10.0 Å². The van der Waals surface area contributed by atoms with Crippen LogP contribution in [0.4, 0.5) is 5.69 Å². The second-order valence-electron chi connectivity index (χ2n) is 5.18. The molecule has 0 atom stereocenters. The van der Waals surface area contributed by atoms with E-state index >= 15 is 0 Å². The molecule has 0 bridgehead atoms. The van der Waals surface area contributed by atoms with Gasteiger partial charge in [0.1, 0.15) is 0 Å². The van der Waals surface area contributed by atoms with E-state index in [0.29, 0.717) is 18.5 Å². The number of nitrogens with one attached hydrogen (secondary N) is 2. The quantitative estimate of drug-likeness (QED) is 0.906. The van der Waals surface area contributed by atoms with E-state index in [1.807, 2.05) is 30.3 Å². The first-order valence-corrected chi connectivity index (χ1v) is 8.49. The highest BCUT2D eigenvalue weighted by atomic mass is 32.2. The van der Waals surface area contributed by atoms with Gasteiger partial charge in [0.25, 0.3) is 0 Å². The van der Waals surface area contributed by atoms with Crippen LogP contribution in [0.2, 0.25) is 0 Å². The van der Waals surface area contributed by atoms with Crippen LogP contribution >= 0.6 is 0 Å². The van der Waals surface area contributed by atoms with Gasteiger partial charge in [-0.25, -0.2) is 13.1 Å². The predicted octanol–water partition coefficient (Wildman–Crippen LogP) is 2.05. The SMILES string of the molecule is O=C1CCc2cc(S(=O)(=O)NCc3ccccc3)ccc2N1. The molecule has 22 heavy (non-hydrogen) atoms. The summed E-state index contributed by atoms with van der Waals surface area (Å²) in [6, 6.07) is 14.1. The molecule has 0 saturated carbocycles. The van der Waals surface area contributed by atoms with Crippen LogP contribution in [0.3, 0.4) is 0 Å². The molecule has 0 radical (unpaired) electrons. The number of amides is 1. The van der Waals surface area contributed by atoms with Gasteiger partial charge in [-0.05, 0) is 35.7 Å². The average molecular weight is 316 g/mol. The minimum Gasteiger partial charge on any atom is -0.326 e. The van der Waals surface area contributed by atoms with E-state index in [-0.39, 0.29) is 17.3 Å². The average Bonchev–Trinajstić information content (AvgIpc) is 2.53. The number of fused-ring (bicyclic) bond motifs is 1. The van der Waals surface area contributed by atoms with Crippen molar-refractivity contribution < 1.29 is 13.2 Å². The Labute approximate surface area is 129 Å². The number of rotatable bonds is 4. The maximum atomic E-state index is 12.4. The van der Waals surface area contributed by atoms with Crippen LogP contribution in [0.5, 0.6) is 0 Å². The fraction of sp³-hybridized carbons (Fsp3) is 0.188. The van der Waals surface area contributed by atoms with E-state index < -0.39 is 10.0 Å². The normalized spacial score (nSPS) is 14.3. The van der Waals surface area contributed by atoms with Crippen molar-refractivity contribution >= 4 is 21.6 Å². The van der Waals surface area contributed by atoms with Crippen molar-refractivity contribution in [1.29, 1.82) is 0 Å². The Bertz CT molecular complexity index is 801. The zero-order valence-electron chi connectivity index (χ0n) is 11.9. The highest BCUT2D eigenvalue weighted by Crippen LogP contribution is 2.25. The Morgan fingerprint density at radius 1 is 1.05 bits per heavy atom. The lowest BCUT2D eigenvalue weighted by Crippen LogP contribution is -2.24. The lowest BCUT2D eigenvalue weighted by atomic mass is 10.0. The summed E-state index contributed by atoms with van der Waals surface area (Å²) in [5.41, 5.74) is 2.44. The van der Waals surface area contributed by atoms with Crippen molar-refractivity contribution in [2.24, 2.45) is 0 Å². The summed E-state index contributed by atoms with van der Waals surface area (Å²) in [4.78, 5) is 11.5. The van der Waals surface area contributed by atoms with Gasteiger partial charge in [-0.3, -0.25) is 4.79 Å². The van der Waals surface area contributed by atoms with Crippen LogP contribution in [-0.2, 0) is 27.8 Å². The van der Waals surface area contributed by atoms with Crippen molar-refractivity contribution in [2.75, 3.05) is 5.32 Å². The van der Waals surface area contributed by atoms with Crippen LogP contribution in [0, 0.1) is 0 Å². The fourth-order valence-electron chi connectivity index (χ4n) is 2.38. The molecule has 114 valence electrons. The van der Waals surface area contributed by atoms with Crippen molar-refractivity contribution in [2.45, 2.75) is 24.3 Å². The van der Waals surface area contributed by atoms with Crippen LogP contribution < -0.4 is 10.0 Å². The third-order valence-corrected chi connectivity index (χ3v) is 4.99. The molecule has 5 nitrogen and oxygen atoms in total. The molecular weight excluding hydrogens is 300 g/mol. The number of anilines is 1. The molecule has 1 aliphatic heterocycles. The van der Waals surface area contributed by atoms with Crippen LogP contribution in [-0.4, -0.2) is 14.3 Å². The molecule has 6 heteroatoms. The zero-order valence-corrected chi connectivity index (χ0v) is 12.7. The van der Waals surface area contributed by atoms with Crippen LogP contribution in [0.25, 0.3) is 0 Å². The second-order valence-corrected chi connectivity index (χ2v) is 6.94. The molecule has 0 saturated heterocycles. The fourth-order valence-corrected chi connectivity index (χ4v) is 3.45. The maximum absolute atomic E-state index is 12.4. The van der Waals surface area contributed by atoms with Gasteiger partial charge in [0.2, 0.25) is 15.9 Å². The summed E-state index contributed by atoms with van der Waals surface area (Å²) in [5, 5.41) is 2.74. The number of carbonyl (C=O) groups excluding carboxylic acids is 1. The monoisotopic (exact) mass is 316 g/mol. The number of benzene rings is 2. The molecule has 0 aromatic heterocycles. The van der Waals surface area contributed by atoms with Gasteiger partial charge in [0.15, 0.2) is 0 Å². The van der Waals surface area contributed by atoms with Gasteiger partial charge in [-0.1, -0.05) is 30.3 Å². The summed E-state index contributed by atoms with van der Waals surface area (Å²) >= 11 is 0. The van der Waals surface area contributed by atoms with Crippen LogP contribution in [0.15, 0.2) is 53.4 Å². The Balaban J connectivity index is 1.79. The zero-order chi connectivity index (χ0) is 15.6. The molecule has 0 aliphatic carbocycles. The summed E-state index contributed by atoms with van der Waals surface area (Å²) in [6.45, 7) is 0.247. The summed E-state index contributed by atoms with van der Waals surface area (Å²) < 4.78 is 27.3. The topological polar surface area (TPSA) is 75.3 Å². The molecule has 2 aromatic rings. The standard InChI is InChI=1S/C16H16N2O3S/c19-16-9-6-13-10-14(7-8-15(13)18-16)22(20,21)17-11-12-4-2-1-3-5-12/h1-5,7-8,10,17H,6,9,11H2,(H,18,19). The third kappa shape index (κ3) is 3.18. The molecule has 0 fully saturated rings. The molecule has 1 aliphatic rings. The summed E-state index contributed by atoms with van der Waals surface area (Å²) in [5.74, 6) is -0.0368. The van der Waals surface area contributed by atoms with Gasteiger partial charge in [-0.2, -0.15) is 0 Å². The van der Waals surface area contributed by atoms with Crippen molar-refractivity contribution in [1.82, 2.24) is 4.72 Å². The molecular formula is C16H16N2O3S. The van der Waals surface area contributed by atoms with Gasteiger partial charge < -0.3 is 5.32 Å². The number of hydrogen-bond acceptors (Lipinski definition) is 3. The molecule has 0 spiro atoms. The smallest absolute Gasteiger partial charge is 0.240 e. The van der Waals surface area contributed by atoms with E-state index in [1.54, 1.807) is 12.1 Å². The van der Waals surface area contributed by atoms with Crippen molar-refractivity contribution in [3.05, 3.63) is 59.7 Å². The van der Waals surface area contributed by atoms with Gasteiger partial charge >= 0.3 is 0 Å². The first-order valence-electron chi connectivity index (χ1n) is 7.01. The largest absolute Gasteiger partial charge is 0.326 e. The molecule has 2 N–H and O–H groups in total. The van der Waals surface area contributed by atoms with Crippen LogP contribution in [0.1, 0.15) is 17.5 Å². The molecule has 1 amide bonds. The van der Waals surface area contributed by atoms with Gasteiger partial charge in [-0.15, -0.1) is 0 Å². The first-order chi connectivity index (χ1) is 10.5. The number of carbonyl (C=O) groups is 1. The van der Waals surface area contributed by atoms with Gasteiger partial charge in [0, 0.05) is 18.7 Å². The summed E-state index contributed by atoms with van der Waals surface area (Å²) in [7, 11) is -3.57. The molecule has 3 rings (SSSR count). The van der Waals surface area contributed by atoms with E-state index in [9.17, 15) is 13.2 Å². The highest BCUT2D eigenvalue weighted by Gasteiger charge is 2.19. The predicted molar refractivity (Wildman–Crippen MR) is 83.9 cm³/mol. The Morgan fingerprint density at radius 2 is 1.82 bits per heavy atom. The summed E-state index contributed by atoms with van der Waals surface area (Å²) in [6.07, 6.45) is 0.942. The lowest BCUT2D eigenvalue weighted by Gasteiger charge is -2.17. The Morgan fingerprint density at radius 3 is 2.59 bits per heavy atom. The number of hydrogen-bond donors (Lipinski definition) is 2. The number of aryl methyl sites for hydroxylation is 1. The number of sulfonamides is 1. The molecule has 2 aromatic carbocycles. The van der Waals surface area contributed by atoms with E-state index in [0.717, 1.165) is 11.1 Å². The highest BCUT2D eigenvalue weighted by molar-refractivity contribution is 7.89. The molecule has 0 unspecified atom stereocenters. The van der Waals surface area contributed by atoms with Crippen molar-refractivity contribution in [3.8, 4) is 0 Å². The third-order valence-electron chi connectivity index (χ3n) is 3.59. The molecule has 1 heterocycles. The first kappa shape index (κ1) is 14.7. The second kappa shape index (κ2) is 5.90. The Kier molecular flexibility index (Phi) is 3.96. The lowest BCUT2D eigenvalue weighted by molar-refractivity contribution is -0.116. The van der Waals surface area contributed by atoms with Crippen molar-refractivity contribution in [3.63, 3.8) is 0 Å². The van der Waals surface area contributed by atoms with Gasteiger partial charge in [0.05, 0.1) is 4.90 Å². The maximum Gasteiger partial charge on any atom is 0.240 e. The minimum absolute atomic E-state index is 0.0368. The van der Waals surface area contributed by atoms with E-state index in [4.69, 9.17) is 0 Å². The minimum atomic E-state index is -3.57.